The Labute approximate surface area is 112 Å². The first-order valence-corrected chi connectivity index (χ1v) is 6.25. The molecule has 2 rings (SSSR count). The van der Waals surface area contributed by atoms with Crippen LogP contribution in [0.3, 0.4) is 0 Å². The molecule has 2 aromatic rings. The summed E-state index contributed by atoms with van der Waals surface area (Å²) in [6, 6.07) is 1.65. The predicted octanol–water partition coefficient (Wildman–Crippen LogP) is 2.08. The Balaban J connectivity index is 2.63. The van der Waals surface area contributed by atoms with Gasteiger partial charge in [-0.1, -0.05) is 6.92 Å². The lowest BCUT2D eigenvalue weighted by molar-refractivity contribution is 0.0688. The van der Waals surface area contributed by atoms with Gasteiger partial charge in [-0.3, -0.25) is 4.68 Å². The van der Waals surface area contributed by atoms with Crippen molar-refractivity contribution in [2.75, 3.05) is 0 Å². The average molecular weight is 345 g/mol. The number of aromatic carboxylic acids is 1. The van der Waals surface area contributed by atoms with Gasteiger partial charge in [-0.15, -0.1) is 0 Å². The molecule has 17 heavy (non-hydrogen) atoms. The summed E-state index contributed by atoms with van der Waals surface area (Å²) in [5.74, 6) is -0.932. The van der Waals surface area contributed by atoms with Gasteiger partial charge in [0.15, 0.2) is 0 Å². The minimum Gasteiger partial charge on any atom is -0.477 e. The van der Waals surface area contributed by atoms with Crippen molar-refractivity contribution in [1.82, 2.24) is 14.3 Å². The average Bonchev–Trinajstić information content (AvgIpc) is 2.81. The zero-order valence-corrected chi connectivity index (χ0v) is 11.7. The lowest BCUT2D eigenvalue weighted by Crippen LogP contribution is -2.06. The number of carboxylic acid groups (broad SMARTS) is 1. The molecule has 1 N–H and O–H groups in total. The molecule has 0 bridgehead atoms. The van der Waals surface area contributed by atoms with E-state index >= 15 is 0 Å². The van der Waals surface area contributed by atoms with Crippen molar-refractivity contribution in [3.63, 3.8) is 0 Å². The maximum atomic E-state index is 11.2. The molecule has 0 radical (unpaired) electrons. The number of hydrogen-bond donors (Lipinski definition) is 1. The first kappa shape index (κ1) is 12.2. The highest BCUT2D eigenvalue weighted by molar-refractivity contribution is 14.1. The highest BCUT2D eigenvalue weighted by Gasteiger charge is 2.16. The molecule has 2 aromatic heterocycles. The van der Waals surface area contributed by atoms with E-state index in [1.807, 2.05) is 20.2 Å². The number of carboxylic acids is 1. The molecule has 0 aromatic carbocycles. The summed E-state index contributed by atoms with van der Waals surface area (Å²) >= 11 is 2.11. The first-order valence-electron chi connectivity index (χ1n) is 5.17. The smallest absolute Gasteiger partial charge is 0.352 e. The molecule has 90 valence electrons. The molecule has 0 aliphatic rings. The Morgan fingerprint density at radius 2 is 2.24 bits per heavy atom. The van der Waals surface area contributed by atoms with Crippen LogP contribution in [0, 0.1) is 3.57 Å². The Hall–Kier alpha value is -1.31. The minimum atomic E-state index is -0.932. The van der Waals surface area contributed by atoms with Gasteiger partial charge in [0.1, 0.15) is 5.69 Å². The second-order valence-corrected chi connectivity index (χ2v) is 4.95. The summed E-state index contributed by atoms with van der Waals surface area (Å²) in [4.78, 5) is 11.2. The molecule has 0 atom stereocenters. The van der Waals surface area contributed by atoms with E-state index in [-0.39, 0.29) is 5.69 Å². The number of halogens is 1. The van der Waals surface area contributed by atoms with Crippen molar-refractivity contribution in [2.24, 2.45) is 7.05 Å². The molecule has 0 saturated carbocycles. The Morgan fingerprint density at radius 3 is 2.82 bits per heavy atom. The maximum absolute atomic E-state index is 11.2. The normalized spacial score (nSPS) is 10.8. The summed E-state index contributed by atoms with van der Waals surface area (Å²) in [5, 5.41) is 13.5. The zero-order chi connectivity index (χ0) is 12.6. The van der Waals surface area contributed by atoms with E-state index < -0.39 is 5.97 Å². The number of hydrogen-bond acceptors (Lipinski definition) is 2. The van der Waals surface area contributed by atoms with Crippen LogP contribution in [-0.2, 0) is 13.5 Å². The molecule has 6 heteroatoms. The van der Waals surface area contributed by atoms with Crippen LogP contribution >= 0.6 is 22.6 Å². The standard InChI is InChI=1S/C11H12IN3O2/c1-3-8-10(6-14(2)13-8)15-5-7(12)4-9(15)11(16)17/h4-6H,3H2,1-2H3,(H,16,17). The topological polar surface area (TPSA) is 60.0 Å². The molecular weight excluding hydrogens is 333 g/mol. The number of aryl methyl sites for hydroxylation is 2. The van der Waals surface area contributed by atoms with Crippen molar-refractivity contribution >= 4 is 28.6 Å². The molecule has 0 spiro atoms. The molecule has 0 aliphatic heterocycles. The van der Waals surface area contributed by atoms with Gasteiger partial charge in [-0.25, -0.2) is 4.79 Å². The molecule has 0 amide bonds. The van der Waals surface area contributed by atoms with Gasteiger partial charge in [0.2, 0.25) is 0 Å². The summed E-state index contributed by atoms with van der Waals surface area (Å²) in [6.07, 6.45) is 4.41. The fraction of sp³-hybridized carbons (Fsp3) is 0.273. The summed E-state index contributed by atoms with van der Waals surface area (Å²) in [6.45, 7) is 2.00. The van der Waals surface area contributed by atoms with Crippen molar-refractivity contribution < 1.29 is 9.90 Å². The fourth-order valence-corrected chi connectivity index (χ4v) is 2.34. The van der Waals surface area contributed by atoms with Crippen LogP contribution in [0.2, 0.25) is 0 Å². The van der Waals surface area contributed by atoms with Gasteiger partial charge < -0.3 is 9.67 Å². The van der Waals surface area contributed by atoms with E-state index in [1.165, 1.54) is 0 Å². The third-order valence-corrected chi connectivity index (χ3v) is 3.07. The van der Waals surface area contributed by atoms with E-state index in [1.54, 1.807) is 21.5 Å². The SMILES string of the molecule is CCc1nn(C)cc1-n1cc(I)cc1C(=O)O. The van der Waals surface area contributed by atoms with Gasteiger partial charge in [-0.2, -0.15) is 5.10 Å². The molecule has 5 nitrogen and oxygen atoms in total. The maximum Gasteiger partial charge on any atom is 0.352 e. The van der Waals surface area contributed by atoms with Crippen LogP contribution in [-0.4, -0.2) is 25.4 Å². The number of nitrogens with zero attached hydrogens (tertiary/aromatic N) is 3. The molecule has 2 heterocycles. The summed E-state index contributed by atoms with van der Waals surface area (Å²) in [5.41, 5.74) is 1.98. The summed E-state index contributed by atoms with van der Waals surface area (Å²) in [7, 11) is 1.83. The Kier molecular flexibility index (Phi) is 3.23. The van der Waals surface area contributed by atoms with E-state index in [2.05, 4.69) is 27.7 Å². The molecule has 0 aliphatic carbocycles. The fourth-order valence-electron chi connectivity index (χ4n) is 1.77. The van der Waals surface area contributed by atoms with E-state index in [9.17, 15) is 4.79 Å². The second kappa shape index (κ2) is 4.52. The van der Waals surface area contributed by atoms with Crippen LogP contribution in [0.15, 0.2) is 18.5 Å². The molecule has 0 saturated heterocycles. The van der Waals surface area contributed by atoms with Gasteiger partial charge in [-0.05, 0) is 35.1 Å². The van der Waals surface area contributed by atoms with Gasteiger partial charge in [0.05, 0.1) is 11.4 Å². The van der Waals surface area contributed by atoms with Crippen LogP contribution in [0.4, 0.5) is 0 Å². The van der Waals surface area contributed by atoms with Crippen LogP contribution in [0.1, 0.15) is 23.1 Å². The molecular formula is C11H12IN3O2. The van der Waals surface area contributed by atoms with Crippen molar-refractivity contribution in [1.29, 1.82) is 0 Å². The third-order valence-electron chi connectivity index (χ3n) is 2.48. The van der Waals surface area contributed by atoms with Crippen molar-refractivity contribution in [3.05, 3.63) is 33.4 Å². The van der Waals surface area contributed by atoms with Crippen LogP contribution in [0.25, 0.3) is 5.69 Å². The quantitative estimate of drug-likeness (QED) is 0.867. The largest absolute Gasteiger partial charge is 0.477 e. The highest BCUT2D eigenvalue weighted by Crippen LogP contribution is 2.20. The minimum absolute atomic E-state index is 0.261. The van der Waals surface area contributed by atoms with Crippen molar-refractivity contribution in [2.45, 2.75) is 13.3 Å². The second-order valence-electron chi connectivity index (χ2n) is 3.71. The number of carbonyl (C=O) groups is 1. The lowest BCUT2D eigenvalue weighted by Gasteiger charge is -2.04. The van der Waals surface area contributed by atoms with E-state index in [4.69, 9.17) is 5.11 Å². The predicted molar refractivity (Wildman–Crippen MR) is 71.6 cm³/mol. The molecule has 0 fully saturated rings. The summed E-state index contributed by atoms with van der Waals surface area (Å²) < 4.78 is 4.27. The Morgan fingerprint density at radius 1 is 1.53 bits per heavy atom. The van der Waals surface area contributed by atoms with Crippen LogP contribution in [0.5, 0.6) is 0 Å². The van der Waals surface area contributed by atoms with Gasteiger partial charge in [0, 0.05) is 23.0 Å². The van der Waals surface area contributed by atoms with Gasteiger partial charge >= 0.3 is 5.97 Å². The van der Waals surface area contributed by atoms with Crippen LogP contribution < -0.4 is 0 Å². The zero-order valence-electron chi connectivity index (χ0n) is 9.51. The van der Waals surface area contributed by atoms with Crippen molar-refractivity contribution in [3.8, 4) is 5.69 Å². The molecule has 0 unspecified atom stereocenters. The Bertz CT molecular complexity index is 571. The first-order chi connectivity index (χ1) is 8.02. The van der Waals surface area contributed by atoms with E-state index in [0.29, 0.717) is 0 Å². The van der Waals surface area contributed by atoms with Gasteiger partial charge in [0.25, 0.3) is 0 Å². The monoisotopic (exact) mass is 345 g/mol. The number of aromatic nitrogens is 3. The van der Waals surface area contributed by atoms with E-state index in [0.717, 1.165) is 21.4 Å². The highest BCUT2D eigenvalue weighted by atomic mass is 127. The number of rotatable bonds is 3. The lowest BCUT2D eigenvalue weighted by atomic mass is 10.3. The third kappa shape index (κ3) is 2.21.